The molecule has 1 aromatic heterocycles. The van der Waals surface area contributed by atoms with Crippen molar-refractivity contribution < 1.29 is 14.3 Å². The first kappa shape index (κ1) is 15.5. The third kappa shape index (κ3) is 3.50. The lowest BCUT2D eigenvalue weighted by atomic mass is 10.1. The van der Waals surface area contributed by atoms with Gasteiger partial charge in [-0.25, -0.2) is 13.9 Å². The van der Waals surface area contributed by atoms with Crippen LogP contribution in [0.15, 0.2) is 36.7 Å². The molecule has 1 aliphatic carbocycles. The van der Waals surface area contributed by atoms with Gasteiger partial charge >= 0.3 is 6.03 Å². The van der Waals surface area contributed by atoms with Crippen LogP contribution in [0.25, 0.3) is 5.69 Å². The van der Waals surface area contributed by atoms with Gasteiger partial charge in [0, 0.05) is 31.0 Å². The SMILES string of the molecule is O=C(Nc1cc(F)ccc1-n1cccn1)NC1CCCC1CO. The number of carbonyl (C=O) groups excluding carboxylic acids is 1. The molecular weight excluding hydrogens is 299 g/mol. The molecule has 0 aliphatic heterocycles. The molecule has 0 radical (unpaired) electrons. The van der Waals surface area contributed by atoms with E-state index in [1.165, 1.54) is 12.1 Å². The van der Waals surface area contributed by atoms with Crippen LogP contribution < -0.4 is 10.6 Å². The number of benzene rings is 1. The smallest absolute Gasteiger partial charge is 0.319 e. The number of aliphatic hydroxyl groups excluding tert-OH is 1. The van der Waals surface area contributed by atoms with E-state index in [-0.39, 0.29) is 18.6 Å². The highest BCUT2D eigenvalue weighted by molar-refractivity contribution is 5.91. The van der Waals surface area contributed by atoms with E-state index in [1.54, 1.807) is 29.2 Å². The minimum atomic E-state index is -0.440. The molecule has 0 bridgehead atoms. The van der Waals surface area contributed by atoms with Gasteiger partial charge in [0.2, 0.25) is 0 Å². The molecular formula is C16H19FN4O2. The molecule has 0 spiro atoms. The number of hydrogen-bond acceptors (Lipinski definition) is 3. The predicted octanol–water partition coefficient (Wildman–Crippen LogP) is 2.29. The van der Waals surface area contributed by atoms with Crippen LogP contribution in [0.3, 0.4) is 0 Å². The van der Waals surface area contributed by atoms with Crippen LogP contribution >= 0.6 is 0 Å². The molecule has 2 aromatic rings. The lowest BCUT2D eigenvalue weighted by Gasteiger charge is -2.20. The van der Waals surface area contributed by atoms with Crippen molar-refractivity contribution in [2.24, 2.45) is 5.92 Å². The van der Waals surface area contributed by atoms with Crippen LogP contribution in [-0.4, -0.2) is 33.6 Å². The lowest BCUT2D eigenvalue weighted by Crippen LogP contribution is -2.41. The topological polar surface area (TPSA) is 79.2 Å². The Morgan fingerprint density at radius 2 is 2.30 bits per heavy atom. The maximum atomic E-state index is 13.5. The molecule has 6 nitrogen and oxygen atoms in total. The van der Waals surface area contributed by atoms with Crippen molar-refractivity contribution in [2.45, 2.75) is 25.3 Å². The number of carbonyl (C=O) groups is 1. The molecule has 2 atom stereocenters. The summed E-state index contributed by atoms with van der Waals surface area (Å²) in [6.45, 7) is 0.0590. The van der Waals surface area contributed by atoms with E-state index in [0.717, 1.165) is 19.3 Å². The molecule has 1 aliphatic rings. The normalized spacial score (nSPS) is 20.4. The van der Waals surface area contributed by atoms with Crippen molar-refractivity contribution in [3.8, 4) is 5.69 Å². The monoisotopic (exact) mass is 318 g/mol. The number of nitrogens with zero attached hydrogens (tertiary/aromatic N) is 2. The van der Waals surface area contributed by atoms with Gasteiger partial charge in [0.15, 0.2) is 0 Å². The Kier molecular flexibility index (Phi) is 4.57. The Morgan fingerprint density at radius 1 is 1.43 bits per heavy atom. The second-order valence-electron chi connectivity index (χ2n) is 5.69. The van der Waals surface area contributed by atoms with Gasteiger partial charge in [-0.05, 0) is 37.1 Å². The summed E-state index contributed by atoms with van der Waals surface area (Å²) in [6, 6.07) is 5.42. The Hall–Kier alpha value is -2.41. The summed E-state index contributed by atoms with van der Waals surface area (Å²) in [5, 5.41) is 19.0. The number of amides is 2. The maximum Gasteiger partial charge on any atom is 0.319 e. The van der Waals surface area contributed by atoms with E-state index < -0.39 is 11.8 Å². The number of rotatable bonds is 4. The van der Waals surface area contributed by atoms with Crippen LogP contribution in [-0.2, 0) is 0 Å². The Bertz CT molecular complexity index is 675. The third-order valence-corrected chi connectivity index (χ3v) is 4.17. The highest BCUT2D eigenvalue weighted by Crippen LogP contribution is 2.25. The van der Waals surface area contributed by atoms with Gasteiger partial charge in [-0.2, -0.15) is 5.10 Å². The highest BCUT2D eigenvalue weighted by Gasteiger charge is 2.28. The first-order valence-corrected chi connectivity index (χ1v) is 7.65. The predicted molar refractivity (Wildman–Crippen MR) is 83.9 cm³/mol. The average molecular weight is 318 g/mol. The summed E-state index contributed by atoms with van der Waals surface area (Å²) in [4.78, 5) is 12.2. The fourth-order valence-corrected chi connectivity index (χ4v) is 2.99. The van der Waals surface area contributed by atoms with Crippen molar-refractivity contribution in [3.05, 3.63) is 42.5 Å². The van der Waals surface area contributed by atoms with Crippen LogP contribution in [0.5, 0.6) is 0 Å². The first-order valence-electron chi connectivity index (χ1n) is 7.65. The van der Waals surface area contributed by atoms with Crippen molar-refractivity contribution in [1.29, 1.82) is 0 Å². The summed E-state index contributed by atoms with van der Waals surface area (Å²) in [7, 11) is 0. The lowest BCUT2D eigenvalue weighted by molar-refractivity contribution is 0.203. The number of urea groups is 1. The molecule has 7 heteroatoms. The quantitative estimate of drug-likeness (QED) is 0.809. The fraction of sp³-hybridized carbons (Fsp3) is 0.375. The van der Waals surface area contributed by atoms with Crippen molar-refractivity contribution in [1.82, 2.24) is 15.1 Å². The molecule has 1 heterocycles. The van der Waals surface area contributed by atoms with Crippen molar-refractivity contribution in [2.75, 3.05) is 11.9 Å². The van der Waals surface area contributed by atoms with E-state index in [1.807, 2.05) is 0 Å². The standard InChI is InChI=1S/C16H19FN4O2/c17-12-5-6-15(21-8-2-7-18-21)14(9-12)20-16(23)19-13-4-1-3-11(13)10-22/h2,5-9,11,13,22H,1,3-4,10H2,(H2,19,20,23). The van der Waals surface area contributed by atoms with Gasteiger partial charge in [0.1, 0.15) is 5.82 Å². The molecule has 1 fully saturated rings. The second kappa shape index (κ2) is 6.78. The van der Waals surface area contributed by atoms with Crippen LogP contribution in [0.1, 0.15) is 19.3 Å². The van der Waals surface area contributed by atoms with E-state index in [2.05, 4.69) is 15.7 Å². The molecule has 1 saturated carbocycles. The summed E-state index contributed by atoms with van der Waals surface area (Å²) in [5.74, 6) is -0.357. The van der Waals surface area contributed by atoms with Gasteiger partial charge in [-0.15, -0.1) is 0 Å². The van der Waals surface area contributed by atoms with Crippen LogP contribution in [0.4, 0.5) is 14.9 Å². The minimum Gasteiger partial charge on any atom is -0.396 e. The summed E-state index contributed by atoms with van der Waals surface area (Å²) < 4.78 is 15.1. The van der Waals surface area contributed by atoms with Crippen molar-refractivity contribution in [3.63, 3.8) is 0 Å². The van der Waals surface area contributed by atoms with Gasteiger partial charge in [-0.1, -0.05) is 6.42 Å². The molecule has 3 N–H and O–H groups in total. The number of aromatic nitrogens is 2. The Morgan fingerprint density at radius 3 is 3.04 bits per heavy atom. The zero-order chi connectivity index (χ0) is 16.2. The van der Waals surface area contributed by atoms with Crippen LogP contribution in [0.2, 0.25) is 0 Å². The van der Waals surface area contributed by atoms with E-state index in [0.29, 0.717) is 11.4 Å². The number of nitrogens with one attached hydrogen (secondary N) is 2. The molecule has 3 rings (SSSR count). The zero-order valence-corrected chi connectivity index (χ0v) is 12.6. The number of anilines is 1. The van der Waals surface area contributed by atoms with Crippen molar-refractivity contribution >= 4 is 11.7 Å². The Labute approximate surface area is 133 Å². The molecule has 23 heavy (non-hydrogen) atoms. The number of aliphatic hydroxyl groups is 1. The summed E-state index contributed by atoms with van der Waals surface area (Å²) >= 11 is 0. The number of hydrogen-bond donors (Lipinski definition) is 3. The minimum absolute atomic E-state index is 0.0540. The van der Waals surface area contributed by atoms with Crippen LogP contribution in [0, 0.1) is 11.7 Å². The fourth-order valence-electron chi connectivity index (χ4n) is 2.99. The van der Waals surface area contributed by atoms with E-state index in [4.69, 9.17) is 0 Å². The first-order chi connectivity index (χ1) is 11.2. The van der Waals surface area contributed by atoms with E-state index >= 15 is 0 Å². The van der Waals surface area contributed by atoms with E-state index in [9.17, 15) is 14.3 Å². The molecule has 2 unspecified atom stereocenters. The highest BCUT2D eigenvalue weighted by atomic mass is 19.1. The maximum absolute atomic E-state index is 13.5. The molecule has 1 aromatic carbocycles. The largest absolute Gasteiger partial charge is 0.396 e. The average Bonchev–Trinajstić information content (AvgIpc) is 3.18. The third-order valence-electron chi connectivity index (χ3n) is 4.17. The second-order valence-corrected chi connectivity index (χ2v) is 5.69. The molecule has 122 valence electrons. The van der Waals surface area contributed by atoms with Gasteiger partial charge in [0.25, 0.3) is 0 Å². The van der Waals surface area contributed by atoms with Gasteiger partial charge in [0.05, 0.1) is 11.4 Å². The molecule has 0 saturated heterocycles. The summed E-state index contributed by atoms with van der Waals surface area (Å²) in [6.07, 6.45) is 6.05. The Balaban J connectivity index is 1.74. The molecule has 2 amide bonds. The van der Waals surface area contributed by atoms with Gasteiger partial charge in [-0.3, -0.25) is 0 Å². The summed E-state index contributed by atoms with van der Waals surface area (Å²) in [5.41, 5.74) is 0.918. The van der Waals surface area contributed by atoms with Gasteiger partial charge < -0.3 is 15.7 Å². The number of halogens is 1. The zero-order valence-electron chi connectivity index (χ0n) is 12.6.